The molecule has 0 aromatic heterocycles. The third-order valence-corrected chi connectivity index (χ3v) is 2.83. The Balaban J connectivity index is 2.25. The van der Waals surface area contributed by atoms with Crippen LogP contribution in [-0.4, -0.2) is 36.0 Å². The lowest BCUT2D eigenvalue weighted by atomic mass is 10.1. The van der Waals surface area contributed by atoms with Crippen molar-refractivity contribution in [2.45, 2.75) is 12.8 Å². The molecule has 7 heteroatoms. The first kappa shape index (κ1) is 16.0. The van der Waals surface area contributed by atoms with Crippen LogP contribution in [0.15, 0.2) is 24.3 Å². The molecule has 1 rings (SSSR count). The maximum atomic E-state index is 11.5. The molecular weight excluding hydrogens is 284 g/mol. The Morgan fingerprint density at radius 1 is 1.05 bits per heavy atom. The minimum atomic E-state index is -1.14. The first-order chi connectivity index (χ1) is 9.49. The lowest BCUT2D eigenvalue weighted by molar-refractivity contribution is -0.137. The van der Waals surface area contributed by atoms with E-state index in [0.717, 1.165) is 5.56 Å². The Morgan fingerprint density at radius 2 is 1.70 bits per heavy atom. The van der Waals surface area contributed by atoms with Crippen LogP contribution < -0.4 is 10.6 Å². The highest BCUT2D eigenvalue weighted by Crippen LogP contribution is 2.16. The third-order valence-electron chi connectivity index (χ3n) is 2.46. The van der Waals surface area contributed by atoms with Gasteiger partial charge in [0.05, 0.1) is 6.54 Å². The summed E-state index contributed by atoms with van der Waals surface area (Å²) in [7, 11) is 0. The quantitative estimate of drug-likeness (QED) is 0.686. The molecule has 0 atom stereocenters. The first-order valence-corrected chi connectivity index (χ1v) is 6.35. The van der Waals surface area contributed by atoms with E-state index in [-0.39, 0.29) is 18.9 Å². The number of carbonyl (C=O) groups is 3. The predicted octanol–water partition coefficient (Wildman–Crippen LogP) is 0.590. The second-order valence-corrected chi connectivity index (χ2v) is 4.45. The average Bonchev–Trinajstić information content (AvgIpc) is 2.42. The van der Waals surface area contributed by atoms with Crippen LogP contribution in [0.4, 0.5) is 0 Å². The molecule has 1 aromatic rings. The van der Waals surface area contributed by atoms with Crippen molar-refractivity contribution in [2.75, 3.05) is 13.1 Å². The van der Waals surface area contributed by atoms with E-state index in [1.165, 1.54) is 0 Å². The molecule has 0 bridgehead atoms. The lowest BCUT2D eigenvalue weighted by Crippen LogP contribution is -2.39. The van der Waals surface area contributed by atoms with Crippen LogP contribution >= 0.6 is 11.6 Å². The van der Waals surface area contributed by atoms with Gasteiger partial charge in [-0.3, -0.25) is 14.4 Å². The molecule has 0 saturated carbocycles. The number of aliphatic carboxylic acids is 1. The molecule has 1 aromatic carbocycles. The number of aryl methyl sites for hydroxylation is 1. The summed E-state index contributed by atoms with van der Waals surface area (Å²) in [5.74, 6) is -1.97. The van der Waals surface area contributed by atoms with Gasteiger partial charge in [-0.25, -0.2) is 0 Å². The van der Waals surface area contributed by atoms with E-state index >= 15 is 0 Å². The van der Waals surface area contributed by atoms with Crippen molar-refractivity contribution in [1.82, 2.24) is 10.6 Å². The highest BCUT2D eigenvalue weighted by atomic mass is 35.5. The van der Waals surface area contributed by atoms with Crippen LogP contribution in [0.1, 0.15) is 12.0 Å². The Morgan fingerprint density at radius 3 is 2.35 bits per heavy atom. The molecule has 20 heavy (non-hydrogen) atoms. The fourth-order valence-electron chi connectivity index (χ4n) is 1.45. The number of amides is 2. The first-order valence-electron chi connectivity index (χ1n) is 5.97. The molecule has 3 N–H and O–H groups in total. The molecule has 0 saturated heterocycles. The number of carboxylic acid groups (broad SMARTS) is 1. The van der Waals surface area contributed by atoms with Crippen molar-refractivity contribution in [3.8, 4) is 0 Å². The van der Waals surface area contributed by atoms with Gasteiger partial charge in [-0.2, -0.15) is 0 Å². The van der Waals surface area contributed by atoms with Gasteiger partial charge in [-0.05, 0) is 18.1 Å². The number of carbonyl (C=O) groups excluding carboxylic acids is 2. The van der Waals surface area contributed by atoms with Crippen LogP contribution in [0.25, 0.3) is 0 Å². The standard InChI is InChI=1S/C13H15ClN2O4/c14-10-4-2-1-3-9(10)5-6-11(17)15-7-12(18)16-8-13(19)20/h1-4H,5-8H2,(H,15,17)(H,16,18)(H,19,20). The minimum Gasteiger partial charge on any atom is -0.480 e. The Hall–Kier alpha value is -2.08. The normalized spacial score (nSPS) is 9.85. The second kappa shape index (κ2) is 8.16. The van der Waals surface area contributed by atoms with Gasteiger partial charge < -0.3 is 15.7 Å². The van der Waals surface area contributed by atoms with Crippen LogP contribution in [0.3, 0.4) is 0 Å². The fourth-order valence-corrected chi connectivity index (χ4v) is 1.68. The molecule has 0 fully saturated rings. The summed E-state index contributed by atoms with van der Waals surface area (Å²) in [6.07, 6.45) is 0.679. The maximum absolute atomic E-state index is 11.5. The molecule has 0 spiro atoms. The van der Waals surface area contributed by atoms with Crippen LogP contribution in [0, 0.1) is 0 Å². The number of rotatable bonds is 7. The highest BCUT2D eigenvalue weighted by Gasteiger charge is 2.08. The Kier molecular flexibility index (Phi) is 6.52. The largest absolute Gasteiger partial charge is 0.480 e. The molecule has 6 nitrogen and oxygen atoms in total. The number of nitrogens with one attached hydrogen (secondary N) is 2. The smallest absolute Gasteiger partial charge is 0.322 e. The van der Waals surface area contributed by atoms with Gasteiger partial charge in [0.15, 0.2) is 0 Å². The summed E-state index contributed by atoms with van der Waals surface area (Å²) in [6.45, 7) is -0.705. The monoisotopic (exact) mass is 298 g/mol. The van der Waals surface area contributed by atoms with Crippen LogP contribution in [-0.2, 0) is 20.8 Å². The van der Waals surface area contributed by atoms with Crippen molar-refractivity contribution in [1.29, 1.82) is 0 Å². The second-order valence-electron chi connectivity index (χ2n) is 4.04. The number of carboxylic acids is 1. The molecule has 0 unspecified atom stereocenters. The summed E-state index contributed by atoms with van der Waals surface area (Å²) < 4.78 is 0. The predicted molar refractivity (Wildman–Crippen MR) is 73.4 cm³/mol. The summed E-state index contributed by atoms with van der Waals surface area (Å²) >= 11 is 5.95. The molecular formula is C13H15ClN2O4. The Bertz CT molecular complexity index is 505. The zero-order valence-corrected chi connectivity index (χ0v) is 11.4. The van der Waals surface area contributed by atoms with E-state index in [2.05, 4.69) is 10.6 Å². The van der Waals surface area contributed by atoms with Gasteiger partial charge in [-0.1, -0.05) is 29.8 Å². The topological polar surface area (TPSA) is 95.5 Å². The summed E-state index contributed by atoms with van der Waals surface area (Å²) in [5.41, 5.74) is 0.861. The number of halogens is 1. The van der Waals surface area contributed by atoms with Gasteiger partial charge in [0, 0.05) is 11.4 Å². The fraction of sp³-hybridized carbons (Fsp3) is 0.308. The zero-order chi connectivity index (χ0) is 15.0. The molecule has 0 aliphatic carbocycles. The third kappa shape index (κ3) is 6.19. The summed E-state index contributed by atoms with van der Waals surface area (Å²) in [4.78, 5) is 32.9. The summed E-state index contributed by atoms with van der Waals surface area (Å²) in [6, 6.07) is 7.21. The van der Waals surface area contributed by atoms with Gasteiger partial charge in [-0.15, -0.1) is 0 Å². The number of hydrogen-bond donors (Lipinski definition) is 3. The van der Waals surface area contributed by atoms with E-state index in [1.54, 1.807) is 12.1 Å². The maximum Gasteiger partial charge on any atom is 0.322 e. The molecule has 0 radical (unpaired) electrons. The van der Waals surface area contributed by atoms with Crippen LogP contribution in [0.5, 0.6) is 0 Å². The SMILES string of the molecule is O=C(O)CNC(=O)CNC(=O)CCc1ccccc1Cl. The molecule has 2 amide bonds. The van der Waals surface area contributed by atoms with Crippen molar-refractivity contribution >= 4 is 29.4 Å². The van der Waals surface area contributed by atoms with E-state index < -0.39 is 18.4 Å². The molecule has 0 heterocycles. The number of hydrogen-bond acceptors (Lipinski definition) is 3. The van der Waals surface area contributed by atoms with Crippen molar-refractivity contribution in [2.24, 2.45) is 0 Å². The molecule has 0 aliphatic rings. The van der Waals surface area contributed by atoms with Crippen molar-refractivity contribution < 1.29 is 19.5 Å². The lowest BCUT2D eigenvalue weighted by Gasteiger charge is -2.06. The minimum absolute atomic E-state index is 0.204. The highest BCUT2D eigenvalue weighted by molar-refractivity contribution is 6.31. The molecule has 0 aliphatic heterocycles. The Labute approximate surface area is 121 Å². The van der Waals surface area contributed by atoms with E-state index in [9.17, 15) is 14.4 Å². The van der Waals surface area contributed by atoms with Crippen molar-refractivity contribution in [3.05, 3.63) is 34.9 Å². The van der Waals surface area contributed by atoms with Crippen LogP contribution in [0.2, 0.25) is 5.02 Å². The van der Waals surface area contributed by atoms with Gasteiger partial charge in [0.2, 0.25) is 11.8 Å². The number of benzene rings is 1. The van der Waals surface area contributed by atoms with Gasteiger partial charge in [0.25, 0.3) is 0 Å². The van der Waals surface area contributed by atoms with E-state index in [1.807, 2.05) is 12.1 Å². The summed E-state index contributed by atoms with van der Waals surface area (Å²) in [5, 5.41) is 13.5. The molecule has 108 valence electrons. The van der Waals surface area contributed by atoms with Gasteiger partial charge >= 0.3 is 5.97 Å². The van der Waals surface area contributed by atoms with Gasteiger partial charge in [0.1, 0.15) is 6.54 Å². The van der Waals surface area contributed by atoms with E-state index in [4.69, 9.17) is 16.7 Å². The average molecular weight is 299 g/mol. The van der Waals surface area contributed by atoms with E-state index in [0.29, 0.717) is 11.4 Å². The zero-order valence-electron chi connectivity index (χ0n) is 10.7. The van der Waals surface area contributed by atoms with Crippen molar-refractivity contribution in [3.63, 3.8) is 0 Å².